The number of hydrogen-bond acceptors (Lipinski definition) is 4. The first kappa shape index (κ1) is 20.4. The Hall–Kier alpha value is -2.86. The van der Waals surface area contributed by atoms with Crippen molar-refractivity contribution in [3.8, 4) is 11.1 Å². The van der Waals surface area contributed by atoms with E-state index in [4.69, 9.17) is 4.42 Å². The largest absolute Gasteiger partial charge is 0.463 e. The van der Waals surface area contributed by atoms with Crippen LogP contribution in [0.3, 0.4) is 0 Å². The maximum absolute atomic E-state index is 13.4. The molecule has 1 fully saturated rings. The number of fused-ring (bicyclic) bond motifs is 1. The highest BCUT2D eigenvalue weighted by atomic mass is 16.3. The zero-order chi connectivity index (χ0) is 21.5. The number of carbonyl (C=O) groups excluding carboxylic acids is 1. The van der Waals surface area contributed by atoms with Crippen LogP contribution in [0.4, 0.5) is 0 Å². The number of furan rings is 1. The van der Waals surface area contributed by atoms with Gasteiger partial charge in [-0.2, -0.15) is 0 Å². The smallest absolute Gasteiger partial charge is 0.257 e. The summed E-state index contributed by atoms with van der Waals surface area (Å²) in [6.45, 7) is 9.61. The Morgan fingerprint density at radius 1 is 1.13 bits per heavy atom. The van der Waals surface area contributed by atoms with Crippen LogP contribution in [0, 0.1) is 0 Å². The summed E-state index contributed by atoms with van der Waals surface area (Å²) in [5, 5.41) is 0.767. The fourth-order valence-electron chi connectivity index (χ4n) is 4.08. The fraction of sp³-hybridized carbons (Fsp3) is 0.417. The molecule has 6 heteroatoms. The molecule has 1 aliphatic rings. The van der Waals surface area contributed by atoms with Gasteiger partial charge in [0.05, 0.1) is 5.56 Å². The van der Waals surface area contributed by atoms with Crippen LogP contribution in [0.2, 0.25) is 0 Å². The van der Waals surface area contributed by atoms with Crippen molar-refractivity contribution in [2.45, 2.75) is 32.6 Å². The number of likely N-dealkylation sites (N-methyl/N-ethyl adjacent to an activating group) is 1. The van der Waals surface area contributed by atoms with Gasteiger partial charge in [0.15, 0.2) is 0 Å². The third-order valence-corrected chi connectivity index (χ3v) is 5.85. The van der Waals surface area contributed by atoms with Gasteiger partial charge in [-0.3, -0.25) is 9.59 Å². The Morgan fingerprint density at radius 2 is 1.93 bits per heavy atom. The number of H-pyrrole nitrogens is 1. The van der Waals surface area contributed by atoms with Crippen LogP contribution < -0.4 is 5.56 Å². The molecule has 4 rings (SSSR count). The van der Waals surface area contributed by atoms with E-state index in [9.17, 15) is 9.59 Å². The van der Waals surface area contributed by atoms with Gasteiger partial charge in [0.25, 0.3) is 11.5 Å². The molecular weight excluding hydrogens is 378 g/mol. The molecule has 6 nitrogen and oxygen atoms in total. The van der Waals surface area contributed by atoms with Crippen molar-refractivity contribution in [1.29, 1.82) is 0 Å². The number of rotatable bonds is 2. The Balaban J connectivity index is 1.86. The Morgan fingerprint density at radius 3 is 2.67 bits per heavy atom. The molecule has 3 heterocycles. The molecule has 2 aromatic heterocycles. The van der Waals surface area contributed by atoms with Crippen LogP contribution in [0.1, 0.15) is 43.1 Å². The average Bonchev–Trinajstić information content (AvgIpc) is 3.00. The molecule has 0 aliphatic carbocycles. The van der Waals surface area contributed by atoms with Gasteiger partial charge in [-0.25, -0.2) is 0 Å². The van der Waals surface area contributed by atoms with Crippen molar-refractivity contribution in [1.82, 2.24) is 14.8 Å². The zero-order valence-corrected chi connectivity index (χ0v) is 18.1. The van der Waals surface area contributed by atoms with Crippen LogP contribution in [0.15, 0.2) is 45.9 Å². The second kappa shape index (κ2) is 7.76. The molecule has 0 bridgehead atoms. The quantitative estimate of drug-likeness (QED) is 0.700. The minimum absolute atomic E-state index is 0.0111. The van der Waals surface area contributed by atoms with Crippen molar-refractivity contribution >= 4 is 16.9 Å². The minimum Gasteiger partial charge on any atom is -0.463 e. The van der Waals surface area contributed by atoms with Crippen molar-refractivity contribution in [2.24, 2.45) is 0 Å². The molecule has 0 atom stereocenters. The standard InChI is InChI=1S/C24H29N3O3/c1-24(2,3)20-14-16(17-7-5-8-25-22(17)28)13-18-19(15-30-21(18)20)23(29)27-10-6-9-26(4)11-12-27/h5,7-8,13-15H,6,9-12H2,1-4H3,(H,25,28). The summed E-state index contributed by atoms with van der Waals surface area (Å²) in [5.74, 6) is -0.0111. The van der Waals surface area contributed by atoms with Gasteiger partial charge in [0, 0.05) is 42.3 Å². The lowest BCUT2D eigenvalue weighted by Crippen LogP contribution is -2.34. The summed E-state index contributed by atoms with van der Waals surface area (Å²) in [6, 6.07) is 7.53. The van der Waals surface area contributed by atoms with Crippen LogP contribution >= 0.6 is 0 Å². The number of benzene rings is 1. The maximum atomic E-state index is 13.4. The maximum Gasteiger partial charge on any atom is 0.257 e. The summed E-state index contributed by atoms with van der Waals surface area (Å²) < 4.78 is 5.95. The lowest BCUT2D eigenvalue weighted by molar-refractivity contribution is 0.0764. The minimum atomic E-state index is -0.209. The average molecular weight is 408 g/mol. The van der Waals surface area contributed by atoms with Gasteiger partial charge in [0.2, 0.25) is 0 Å². The van der Waals surface area contributed by atoms with Gasteiger partial charge in [-0.05, 0) is 55.3 Å². The van der Waals surface area contributed by atoms with E-state index in [0.29, 0.717) is 23.3 Å². The summed E-state index contributed by atoms with van der Waals surface area (Å²) in [7, 11) is 2.08. The van der Waals surface area contributed by atoms with E-state index in [1.165, 1.54) is 0 Å². The van der Waals surface area contributed by atoms with E-state index in [-0.39, 0.29) is 16.9 Å². The number of pyridine rings is 1. The number of hydrogen-bond donors (Lipinski definition) is 1. The Kier molecular flexibility index (Phi) is 5.28. The van der Waals surface area contributed by atoms with Gasteiger partial charge < -0.3 is 19.2 Å². The molecule has 0 spiro atoms. The number of nitrogens with zero attached hydrogens (tertiary/aromatic N) is 2. The van der Waals surface area contributed by atoms with E-state index in [1.54, 1.807) is 18.5 Å². The van der Waals surface area contributed by atoms with Crippen molar-refractivity contribution in [3.63, 3.8) is 0 Å². The zero-order valence-electron chi connectivity index (χ0n) is 18.1. The van der Waals surface area contributed by atoms with Gasteiger partial charge in [0.1, 0.15) is 11.8 Å². The molecule has 0 saturated carbocycles. The van der Waals surface area contributed by atoms with E-state index in [1.807, 2.05) is 23.1 Å². The van der Waals surface area contributed by atoms with Crippen molar-refractivity contribution in [3.05, 3.63) is 58.2 Å². The molecule has 1 aliphatic heterocycles. The van der Waals surface area contributed by atoms with E-state index in [2.05, 4.69) is 37.7 Å². The number of aromatic nitrogens is 1. The van der Waals surface area contributed by atoms with Crippen LogP contribution in [-0.2, 0) is 5.41 Å². The summed E-state index contributed by atoms with van der Waals surface area (Å²) >= 11 is 0. The van der Waals surface area contributed by atoms with Gasteiger partial charge in [-0.15, -0.1) is 0 Å². The first-order valence-corrected chi connectivity index (χ1v) is 10.5. The predicted molar refractivity (Wildman–Crippen MR) is 119 cm³/mol. The van der Waals surface area contributed by atoms with Crippen LogP contribution in [0.25, 0.3) is 22.1 Å². The Labute approximate surface area is 176 Å². The molecule has 3 aromatic rings. The van der Waals surface area contributed by atoms with Crippen molar-refractivity contribution in [2.75, 3.05) is 33.2 Å². The molecule has 1 saturated heterocycles. The molecular formula is C24H29N3O3. The number of aromatic amines is 1. The fourth-order valence-corrected chi connectivity index (χ4v) is 4.08. The number of amides is 1. The molecule has 1 aromatic carbocycles. The third kappa shape index (κ3) is 3.79. The molecule has 1 amide bonds. The SMILES string of the molecule is CN1CCCN(C(=O)c2coc3c(C(C)(C)C)cc(-c4ccc[nH]c4=O)cc23)CC1. The monoisotopic (exact) mass is 407 g/mol. The van der Waals surface area contributed by atoms with E-state index < -0.39 is 0 Å². The van der Waals surface area contributed by atoms with Gasteiger partial charge in [-0.1, -0.05) is 20.8 Å². The molecule has 1 N–H and O–H groups in total. The van der Waals surface area contributed by atoms with E-state index >= 15 is 0 Å². The topological polar surface area (TPSA) is 69.5 Å². The highest BCUT2D eigenvalue weighted by Crippen LogP contribution is 2.36. The first-order valence-electron chi connectivity index (χ1n) is 10.5. The predicted octanol–water partition coefficient (Wildman–Crippen LogP) is 3.86. The molecule has 0 radical (unpaired) electrons. The van der Waals surface area contributed by atoms with Crippen molar-refractivity contribution < 1.29 is 9.21 Å². The number of nitrogens with one attached hydrogen (secondary N) is 1. The van der Waals surface area contributed by atoms with Crippen LogP contribution in [-0.4, -0.2) is 53.9 Å². The summed E-state index contributed by atoms with van der Waals surface area (Å²) in [6.07, 6.45) is 4.16. The second-order valence-electron chi connectivity index (χ2n) is 9.16. The highest BCUT2D eigenvalue weighted by Gasteiger charge is 2.27. The molecule has 0 unspecified atom stereocenters. The lowest BCUT2D eigenvalue weighted by atomic mass is 9.84. The lowest BCUT2D eigenvalue weighted by Gasteiger charge is -2.21. The second-order valence-corrected chi connectivity index (χ2v) is 9.16. The first-order chi connectivity index (χ1) is 14.3. The highest BCUT2D eigenvalue weighted by molar-refractivity contribution is 6.07. The number of carbonyl (C=O) groups is 1. The summed E-state index contributed by atoms with van der Waals surface area (Å²) in [4.78, 5) is 32.7. The Bertz CT molecular complexity index is 1140. The van der Waals surface area contributed by atoms with E-state index in [0.717, 1.165) is 42.6 Å². The van der Waals surface area contributed by atoms with Gasteiger partial charge >= 0.3 is 0 Å². The molecule has 30 heavy (non-hydrogen) atoms. The normalized spacial score (nSPS) is 16.1. The molecule has 158 valence electrons. The third-order valence-electron chi connectivity index (χ3n) is 5.85. The summed E-state index contributed by atoms with van der Waals surface area (Å²) in [5.41, 5.74) is 3.28. The van der Waals surface area contributed by atoms with Crippen LogP contribution in [0.5, 0.6) is 0 Å².